The van der Waals surface area contributed by atoms with Gasteiger partial charge in [0.15, 0.2) is 5.84 Å². The number of amidine groups is 1. The lowest BCUT2D eigenvalue weighted by Gasteiger charge is -2.16. The van der Waals surface area contributed by atoms with E-state index in [1.165, 1.54) is 47.5 Å². The van der Waals surface area contributed by atoms with E-state index in [0.29, 0.717) is 16.6 Å². The number of benzene rings is 2. The highest BCUT2D eigenvalue weighted by Gasteiger charge is 2.25. The average Bonchev–Trinajstić information content (AvgIpc) is 3.47. The first-order chi connectivity index (χ1) is 21.8. The predicted octanol–water partition coefficient (Wildman–Crippen LogP) is 8.16. The van der Waals surface area contributed by atoms with E-state index in [1.54, 1.807) is 6.20 Å². The number of hydrogen-bond acceptors (Lipinski definition) is 5. The third-order valence-corrected chi connectivity index (χ3v) is 9.40. The number of nitrogens with one attached hydrogen (secondary N) is 1. The predicted molar refractivity (Wildman–Crippen MR) is 185 cm³/mol. The first kappa shape index (κ1) is 33.8. The number of hydrogen-bond donors (Lipinski definition) is 2. The molecule has 0 saturated carbocycles. The number of ether oxygens (including phenoxy) is 1. The highest BCUT2D eigenvalue weighted by Crippen LogP contribution is 2.32. The number of nitrogens with zero attached hydrogens (tertiary/aromatic N) is 2. The van der Waals surface area contributed by atoms with Crippen molar-refractivity contribution < 1.29 is 19.4 Å². The Morgan fingerprint density at radius 1 is 1.09 bits per heavy atom. The maximum atomic E-state index is 12.9. The van der Waals surface area contributed by atoms with Crippen LogP contribution in [0.25, 0.3) is 5.57 Å². The maximum absolute atomic E-state index is 12.9. The molecule has 1 aromatic heterocycles. The monoisotopic (exact) mass is 627 g/mol. The summed E-state index contributed by atoms with van der Waals surface area (Å²) >= 11 is 1.48. The van der Waals surface area contributed by atoms with Gasteiger partial charge in [-0.2, -0.15) is 0 Å². The Balaban J connectivity index is 1.34. The summed E-state index contributed by atoms with van der Waals surface area (Å²) in [5, 5.41) is 12.6. The van der Waals surface area contributed by atoms with Crippen LogP contribution < -0.4 is 10.1 Å². The maximum Gasteiger partial charge on any atom is 0.326 e. The summed E-state index contributed by atoms with van der Waals surface area (Å²) < 4.78 is 5.88. The number of fused-ring (bicyclic) bond motifs is 1. The summed E-state index contributed by atoms with van der Waals surface area (Å²) in [7, 11) is 0. The van der Waals surface area contributed by atoms with Gasteiger partial charge < -0.3 is 15.2 Å². The number of carbonyl (C=O) groups excluding carboxylic acids is 1. The SMILES string of the molecule is C=N/C(=N\C=C(/C)c1ccc(OCCCCCCC)cc1)c1ccc(C[C@H](NC(=O)c2cc3c(s2)CCC(C)C3)C(=O)O)cc1. The lowest BCUT2D eigenvalue weighted by Crippen LogP contribution is -2.42. The Morgan fingerprint density at radius 3 is 2.49 bits per heavy atom. The zero-order chi connectivity index (χ0) is 32.2. The Kier molecular flexibility index (Phi) is 12.7. The number of carbonyl (C=O) groups is 2. The van der Waals surface area contributed by atoms with Crippen molar-refractivity contribution >= 4 is 41.3 Å². The van der Waals surface area contributed by atoms with Gasteiger partial charge in [-0.3, -0.25) is 4.79 Å². The van der Waals surface area contributed by atoms with Gasteiger partial charge in [0.05, 0.1) is 11.5 Å². The fraction of sp³-hybridized carbons (Fsp3) is 0.405. The summed E-state index contributed by atoms with van der Waals surface area (Å²) in [5.41, 5.74) is 4.77. The molecule has 0 saturated heterocycles. The molecular formula is C37H45N3O4S. The summed E-state index contributed by atoms with van der Waals surface area (Å²) in [6.07, 6.45) is 11.0. The number of carboxylic acids is 1. The van der Waals surface area contributed by atoms with E-state index >= 15 is 0 Å². The molecule has 7 nitrogen and oxygen atoms in total. The van der Waals surface area contributed by atoms with Gasteiger partial charge >= 0.3 is 5.97 Å². The molecule has 1 unspecified atom stereocenters. The molecule has 0 fully saturated rings. The lowest BCUT2D eigenvalue weighted by atomic mass is 9.90. The fourth-order valence-electron chi connectivity index (χ4n) is 5.42. The number of aryl methyl sites for hydroxylation is 1. The summed E-state index contributed by atoms with van der Waals surface area (Å²) in [6, 6.07) is 16.3. The topological polar surface area (TPSA) is 100 Å². The highest BCUT2D eigenvalue weighted by molar-refractivity contribution is 7.14. The molecule has 1 aliphatic rings. The van der Waals surface area contributed by atoms with Gasteiger partial charge in [0.25, 0.3) is 5.91 Å². The molecule has 45 heavy (non-hydrogen) atoms. The van der Waals surface area contributed by atoms with Gasteiger partial charge in [0, 0.05) is 23.1 Å². The van der Waals surface area contributed by atoms with E-state index in [9.17, 15) is 14.7 Å². The Hall–Kier alpha value is -4.04. The summed E-state index contributed by atoms with van der Waals surface area (Å²) in [6.45, 7) is 10.8. The second kappa shape index (κ2) is 16.9. The van der Waals surface area contributed by atoms with Gasteiger partial charge in [-0.1, -0.05) is 75.9 Å². The van der Waals surface area contributed by atoms with Gasteiger partial charge in [-0.05, 0) is 85.7 Å². The minimum atomic E-state index is -1.07. The number of unbranched alkanes of at least 4 members (excludes halogenated alkanes) is 4. The number of aliphatic imine (C=N–C) groups is 2. The van der Waals surface area contributed by atoms with Crippen LogP contribution in [0, 0.1) is 5.92 Å². The Bertz CT molecular complexity index is 1510. The zero-order valence-corrected chi connectivity index (χ0v) is 27.5. The van der Waals surface area contributed by atoms with Gasteiger partial charge in [0.1, 0.15) is 11.8 Å². The number of amides is 1. The molecule has 1 heterocycles. The van der Waals surface area contributed by atoms with Crippen LogP contribution in [0.5, 0.6) is 5.75 Å². The molecule has 2 N–H and O–H groups in total. The molecule has 8 heteroatoms. The third kappa shape index (κ3) is 9.98. The standard InChI is InChI=1S/C37H45N3O4S/c1-5-6-7-8-9-20-44-31-17-15-28(16-18-31)26(3)24-39-35(38-4)29-13-11-27(12-14-29)22-32(37(42)43)40-36(41)34-23-30-21-25(2)10-19-33(30)45-34/h11-18,23-25,32H,4-10,19-22H2,1-3H3,(H,40,41)(H,42,43)/b26-24+,39-35-/t25?,32-/m0/s1. The Morgan fingerprint density at radius 2 is 1.80 bits per heavy atom. The van der Waals surface area contributed by atoms with Crippen molar-refractivity contribution in [2.24, 2.45) is 15.9 Å². The molecule has 2 atom stereocenters. The van der Waals surface area contributed by atoms with Crippen molar-refractivity contribution in [2.75, 3.05) is 6.61 Å². The number of aliphatic carboxylic acids is 1. The molecule has 238 valence electrons. The van der Waals surface area contributed by atoms with Crippen molar-refractivity contribution in [3.8, 4) is 5.75 Å². The molecule has 1 aliphatic carbocycles. The van der Waals surface area contributed by atoms with E-state index in [0.717, 1.165) is 60.3 Å². The fourth-order valence-corrected chi connectivity index (χ4v) is 6.53. The van der Waals surface area contributed by atoms with E-state index < -0.39 is 12.0 Å². The van der Waals surface area contributed by atoms with Crippen molar-refractivity contribution in [3.63, 3.8) is 0 Å². The third-order valence-electron chi connectivity index (χ3n) is 8.16. The number of thiophene rings is 1. The van der Waals surface area contributed by atoms with Crippen LogP contribution in [-0.2, 0) is 24.1 Å². The van der Waals surface area contributed by atoms with E-state index in [-0.39, 0.29) is 12.3 Å². The summed E-state index contributed by atoms with van der Waals surface area (Å²) in [5.74, 6) is 0.525. The molecule has 2 aromatic carbocycles. The number of carboxylic acid groups (broad SMARTS) is 1. The minimum Gasteiger partial charge on any atom is -0.494 e. The first-order valence-corrected chi connectivity index (χ1v) is 16.8. The van der Waals surface area contributed by atoms with Gasteiger partial charge in [-0.25, -0.2) is 14.8 Å². The van der Waals surface area contributed by atoms with Crippen molar-refractivity contribution in [3.05, 3.63) is 92.8 Å². The lowest BCUT2D eigenvalue weighted by molar-refractivity contribution is -0.139. The molecule has 3 aromatic rings. The molecule has 0 bridgehead atoms. The van der Waals surface area contributed by atoms with E-state index in [2.05, 4.69) is 35.9 Å². The van der Waals surface area contributed by atoms with Crippen molar-refractivity contribution in [2.45, 2.75) is 84.6 Å². The van der Waals surface area contributed by atoms with Crippen molar-refractivity contribution in [1.29, 1.82) is 0 Å². The highest BCUT2D eigenvalue weighted by atomic mass is 32.1. The van der Waals surface area contributed by atoms with Gasteiger partial charge in [0.2, 0.25) is 0 Å². The first-order valence-electron chi connectivity index (χ1n) is 16.0. The molecule has 4 rings (SSSR count). The van der Waals surface area contributed by atoms with Crippen LogP contribution in [0.2, 0.25) is 0 Å². The van der Waals surface area contributed by atoms with Crippen LogP contribution in [0.3, 0.4) is 0 Å². The summed E-state index contributed by atoms with van der Waals surface area (Å²) in [4.78, 5) is 35.5. The van der Waals surface area contributed by atoms with E-state index in [1.807, 2.05) is 61.5 Å². The second-order valence-corrected chi connectivity index (χ2v) is 13.0. The molecular weight excluding hydrogens is 582 g/mol. The van der Waals surface area contributed by atoms with Crippen LogP contribution in [0.4, 0.5) is 0 Å². The zero-order valence-electron chi connectivity index (χ0n) is 26.7. The smallest absolute Gasteiger partial charge is 0.326 e. The molecule has 0 spiro atoms. The normalized spacial score (nSPS) is 15.7. The second-order valence-electron chi connectivity index (χ2n) is 11.9. The van der Waals surface area contributed by atoms with Crippen LogP contribution in [0.1, 0.15) is 96.1 Å². The average molecular weight is 628 g/mol. The molecule has 1 amide bonds. The Labute approximate surface area is 271 Å². The molecule has 0 radical (unpaired) electrons. The molecule has 0 aliphatic heterocycles. The van der Waals surface area contributed by atoms with E-state index in [4.69, 9.17) is 4.74 Å². The van der Waals surface area contributed by atoms with Crippen LogP contribution in [-0.4, -0.2) is 42.2 Å². The van der Waals surface area contributed by atoms with Crippen LogP contribution >= 0.6 is 11.3 Å². The quantitative estimate of drug-likeness (QED) is 0.101. The van der Waals surface area contributed by atoms with Crippen LogP contribution in [0.15, 0.2) is 70.8 Å². The number of rotatable bonds is 15. The van der Waals surface area contributed by atoms with Crippen molar-refractivity contribution in [1.82, 2.24) is 5.32 Å². The van der Waals surface area contributed by atoms with Gasteiger partial charge in [-0.15, -0.1) is 11.3 Å². The largest absolute Gasteiger partial charge is 0.494 e. The number of allylic oxidation sites excluding steroid dienone is 1. The minimum absolute atomic E-state index is 0.162.